The standard InChI is InChI=1S/C35H46N6O4/c1-3-27-21-26(10-9-25(27)2)22-32(33(42)40-17-6-16-39(24-40)30-11-15-36-23-30)45-35(44)38-18-13-29(14-19-38)41-20-12-28-7-4-5-8-31(28)37-34(41)43/h3-5,7-10,21,29-30,32,36H,1,6,11-20,22-24H2,2H3,(H,37,43)/t30-,32-/m1/s1. The van der Waals surface area contributed by atoms with Gasteiger partial charge in [-0.3, -0.25) is 9.69 Å². The summed E-state index contributed by atoms with van der Waals surface area (Å²) in [5.41, 5.74) is 5.05. The number of hydrogen-bond donors (Lipinski definition) is 2. The summed E-state index contributed by atoms with van der Waals surface area (Å²) in [6.07, 6.45) is 4.82. The molecule has 3 fully saturated rings. The number of para-hydroxylation sites is 1. The second-order valence-corrected chi connectivity index (χ2v) is 12.8. The predicted octanol–water partition coefficient (Wildman–Crippen LogP) is 4.09. The third-order valence-electron chi connectivity index (χ3n) is 9.90. The Labute approximate surface area is 266 Å². The summed E-state index contributed by atoms with van der Waals surface area (Å²) >= 11 is 0. The zero-order valence-electron chi connectivity index (χ0n) is 26.4. The predicted molar refractivity (Wildman–Crippen MR) is 175 cm³/mol. The molecular formula is C35H46N6O4. The van der Waals surface area contributed by atoms with Crippen molar-refractivity contribution in [2.45, 2.75) is 63.6 Å². The fourth-order valence-corrected chi connectivity index (χ4v) is 7.18. The number of nitrogens with zero attached hydrogens (tertiary/aromatic N) is 4. The molecule has 0 aromatic heterocycles. The molecule has 4 heterocycles. The molecule has 4 amide bonds. The van der Waals surface area contributed by atoms with Crippen LogP contribution in [0, 0.1) is 6.92 Å². The monoisotopic (exact) mass is 614 g/mol. The SMILES string of the molecule is C=Cc1cc(C[C@@H](OC(=O)N2CCC(N3CCc4ccccc4NC3=O)CC2)C(=O)N2CCCN([C@@H]3CCNC3)C2)ccc1C. The maximum atomic E-state index is 14.0. The molecular weight excluding hydrogens is 568 g/mol. The average molecular weight is 615 g/mol. The first-order chi connectivity index (χ1) is 21.9. The van der Waals surface area contributed by atoms with E-state index in [0.29, 0.717) is 58.2 Å². The van der Waals surface area contributed by atoms with Gasteiger partial charge < -0.3 is 30.1 Å². The van der Waals surface area contributed by atoms with E-state index >= 15 is 0 Å². The Hall–Kier alpha value is -3.89. The third-order valence-corrected chi connectivity index (χ3v) is 9.90. The number of urea groups is 1. The Bertz CT molecular complexity index is 1400. The molecule has 0 aliphatic carbocycles. The van der Waals surface area contributed by atoms with Crippen LogP contribution < -0.4 is 10.6 Å². The van der Waals surface area contributed by atoms with Crippen LogP contribution in [0.25, 0.3) is 6.08 Å². The van der Waals surface area contributed by atoms with E-state index in [4.69, 9.17) is 4.74 Å². The van der Waals surface area contributed by atoms with Crippen LogP contribution >= 0.6 is 0 Å². The van der Waals surface area contributed by atoms with Gasteiger partial charge in [-0.1, -0.05) is 49.1 Å². The molecule has 2 aromatic rings. The van der Waals surface area contributed by atoms with Gasteiger partial charge in [0.1, 0.15) is 0 Å². The number of aryl methyl sites for hydroxylation is 1. The lowest BCUT2D eigenvalue weighted by molar-refractivity contribution is -0.145. The van der Waals surface area contributed by atoms with Crippen molar-refractivity contribution in [3.05, 3.63) is 71.3 Å². The van der Waals surface area contributed by atoms with Crippen molar-refractivity contribution >= 4 is 29.8 Å². The zero-order valence-corrected chi connectivity index (χ0v) is 26.4. The molecule has 3 saturated heterocycles. The van der Waals surface area contributed by atoms with E-state index in [-0.39, 0.29) is 18.0 Å². The lowest BCUT2D eigenvalue weighted by atomic mass is 10.0. The van der Waals surface area contributed by atoms with Gasteiger partial charge in [-0.15, -0.1) is 0 Å². The smallest absolute Gasteiger partial charge is 0.410 e. The van der Waals surface area contributed by atoms with E-state index in [9.17, 15) is 14.4 Å². The normalized spacial score (nSPS) is 21.9. The van der Waals surface area contributed by atoms with Crippen molar-refractivity contribution < 1.29 is 19.1 Å². The van der Waals surface area contributed by atoms with E-state index in [1.807, 2.05) is 59.2 Å². The Morgan fingerprint density at radius 1 is 1.02 bits per heavy atom. The fraction of sp³-hybridized carbons (Fsp3) is 0.514. The van der Waals surface area contributed by atoms with Crippen molar-refractivity contribution in [1.29, 1.82) is 0 Å². The first-order valence-corrected chi connectivity index (χ1v) is 16.5. The lowest BCUT2D eigenvalue weighted by Crippen LogP contribution is -2.55. The van der Waals surface area contributed by atoms with Crippen molar-refractivity contribution in [3.8, 4) is 0 Å². The molecule has 0 radical (unpaired) electrons. The summed E-state index contributed by atoms with van der Waals surface area (Å²) in [5.74, 6) is -0.143. The molecule has 6 rings (SSSR count). The highest BCUT2D eigenvalue weighted by Gasteiger charge is 2.36. The van der Waals surface area contributed by atoms with E-state index < -0.39 is 12.2 Å². The maximum Gasteiger partial charge on any atom is 0.410 e. The van der Waals surface area contributed by atoms with Gasteiger partial charge in [0.05, 0.1) is 6.67 Å². The van der Waals surface area contributed by atoms with Crippen molar-refractivity contribution in [2.75, 3.05) is 57.8 Å². The van der Waals surface area contributed by atoms with Gasteiger partial charge in [-0.25, -0.2) is 9.59 Å². The highest BCUT2D eigenvalue weighted by atomic mass is 16.6. The van der Waals surface area contributed by atoms with Crippen LogP contribution in [0.5, 0.6) is 0 Å². The number of likely N-dealkylation sites (tertiary alicyclic amines) is 1. The summed E-state index contributed by atoms with van der Waals surface area (Å²) < 4.78 is 6.08. The second-order valence-electron chi connectivity index (χ2n) is 12.8. The van der Waals surface area contributed by atoms with Gasteiger partial charge in [0.25, 0.3) is 5.91 Å². The minimum Gasteiger partial charge on any atom is -0.436 e. The topological polar surface area (TPSA) is 97.5 Å². The lowest BCUT2D eigenvalue weighted by Gasteiger charge is -2.40. The molecule has 10 nitrogen and oxygen atoms in total. The number of carbonyl (C=O) groups excluding carboxylic acids is 3. The average Bonchev–Trinajstić information content (AvgIpc) is 3.56. The number of hydrogen-bond acceptors (Lipinski definition) is 6. The van der Waals surface area contributed by atoms with Crippen LogP contribution in [-0.4, -0.2) is 108 Å². The molecule has 2 N–H and O–H groups in total. The number of anilines is 1. The molecule has 4 aliphatic rings. The van der Waals surface area contributed by atoms with Crippen molar-refractivity contribution in [1.82, 2.24) is 24.9 Å². The quantitative estimate of drug-likeness (QED) is 0.488. The maximum absolute atomic E-state index is 14.0. The number of nitrogens with one attached hydrogen (secondary N) is 2. The molecule has 0 unspecified atom stereocenters. The van der Waals surface area contributed by atoms with E-state index in [0.717, 1.165) is 66.8 Å². The molecule has 0 saturated carbocycles. The summed E-state index contributed by atoms with van der Waals surface area (Å²) in [5, 5.41) is 6.48. The van der Waals surface area contributed by atoms with Gasteiger partial charge in [-0.2, -0.15) is 0 Å². The summed E-state index contributed by atoms with van der Waals surface area (Å²) in [6, 6.07) is 14.3. The minimum absolute atomic E-state index is 0.0371. The largest absolute Gasteiger partial charge is 0.436 e. The van der Waals surface area contributed by atoms with Crippen LogP contribution in [0.1, 0.15) is 47.9 Å². The van der Waals surface area contributed by atoms with E-state index in [1.165, 1.54) is 0 Å². The van der Waals surface area contributed by atoms with Gasteiger partial charge in [0, 0.05) is 63.5 Å². The Morgan fingerprint density at radius 2 is 1.84 bits per heavy atom. The third kappa shape index (κ3) is 7.17. The number of fused-ring (bicyclic) bond motifs is 1. The Kier molecular flexibility index (Phi) is 9.70. The summed E-state index contributed by atoms with van der Waals surface area (Å²) in [4.78, 5) is 48.5. The molecule has 45 heavy (non-hydrogen) atoms. The van der Waals surface area contributed by atoms with Gasteiger partial charge in [-0.05, 0) is 73.9 Å². The number of piperidine rings is 1. The van der Waals surface area contributed by atoms with Gasteiger partial charge in [0.15, 0.2) is 6.10 Å². The first kappa shape index (κ1) is 31.1. The van der Waals surface area contributed by atoms with Crippen LogP contribution in [-0.2, 0) is 22.4 Å². The van der Waals surface area contributed by atoms with E-state index in [1.54, 1.807) is 4.90 Å². The van der Waals surface area contributed by atoms with Gasteiger partial charge in [0.2, 0.25) is 0 Å². The number of rotatable bonds is 7. The van der Waals surface area contributed by atoms with Crippen LogP contribution in [0.15, 0.2) is 49.0 Å². The van der Waals surface area contributed by atoms with Crippen LogP contribution in [0.4, 0.5) is 15.3 Å². The number of carbonyl (C=O) groups is 3. The number of amides is 4. The molecule has 0 spiro atoms. The molecule has 4 aliphatic heterocycles. The molecule has 2 atom stereocenters. The number of ether oxygens (including phenoxy) is 1. The molecule has 10 heteroatoms. The molecule has 0 bridgehead atoms. The molecule has 240 valence electrons. The van der Waals surface area contributed by atoms with Crippen LogP contribution in [0.2, 0.25) is 0 Å². The highest BCUT2D eigenvalue weighted by molar-refractivity contribution is 5.91. The summed E-state index contributed by atoms with van der Waals surface area (Å²) in [6.45, 7) is 11.7. The van der Waals surface area contributed by atoms with Crippen molar-refractivity contribution in [3.63, 3.8) is 0 Å². The van der Waals surface area contributed by atoms with E-state index in [2.05, 4.69) is 28.2 Å². The Morgan fingerprint density at radius 3 is 2.62 bits per heavy atom. The zero-order chi connectivity index (χ0) is 31.3. The molecule has 2 aromatic carbocycles. The van der Waals surface area contributed by atoms with Crippen molar-refractivity contribution in [2.24, 2.45) is 0 Å². The second kappa shape index (κ2) is 14.0. The highest BCUT2D eigenvalue weighted by Crippen LogP contribution is 2.26. The summed E-state index contributed by atoms with van der Waals surface area (Å²) in [7, 11) is 0. The van der Waals surface area contributed by atoms with Crippen LogP contribution in [0.3, 0.4) is 0 Å². The Balaban J connectivity index is 1.11. The fourth-order valence-electron chi connectivity index (χ4n) is 7.18. The number of benzene rings is 2. The minimum atomic E-state index is -0.924. The first-order valence-electron chi connectivity index (χ1n) is 16.5. The van der Waals surface area contributed by atoms with Gasteiger partial charge >= 0.3 is 12.1 Å².